The Morgan fingerprint density at radius 1 is 1.05 bits per heavy atom. The van der Waals surface area contributed by atoms with Crippen LogP contribution in [0.5, 0.6) is 0 Å². The fourth-order valence-electron chi connectivity index (χ4n) is 4.47. The highest BCUT2D eigenvalue weighted by atomic mass is 19.4. The van der Waals surface area contributed by atoms with Gasteiger partial charge in [0.2, 0.25) is 0 Å². The molecule has 5 rings (SSSR count). The van der Waals surface area contributed by atoms with Crippen LogP contribution < -0.4 is 16.4 Å². The van der Waals surface area contributed by atoms with E-state index in [-0.39, 0.29) is 23.6 Å². The molecule has 1 aliphatic heterocycles. The average molecular weight is 525 g/mol. The number of carbonyl (C=O) groups is 1. The number of likely N-dealkylation sites (N-methyl/N-ethyl adjacent to an activating group) is 1. The van der Waals surface area contributed by atoms with Crippen molar-refractivity contribution < 1.29 is 18.0 Å². The Balaban J connectivity index is 1.29. The van der Waals surface area contributed by atoms with Crippen molar-refractivity contribution in [2.24, 2.45) is 0 Å². The van der Waals surface area contributed by atoms with E-state index < -0.39 is 17.8 Å². The number of amides is 2. The number of carbonyl (C=O) groups excluding carboxylic acids is 1. The molecule has 0 saturated carbocycles. The molecule has 0 atom stereocenters. The number of urea groups is 1. The minimum atomic E-state index is -4.55. The number of nitrogen functional groups attached to an aromatic ring is 1. The minimum absolute atomic E-state index is 0.0371. The number of pyridine rings is 2. The van der Waals surface area contributed by atoms with Crippen LogP contribution >= 0.6 is 0 Å². The summed E-state index contributed by atoms with van der Waals surface area (Å²) >= 11 is 0. The summed E-state index contributed by atoms with van der Waals surface area (Å²) in [6.07, 6.45) is -1.22. The normalized spacial score (nSPS) is 15.1. The first-order valence-electron chi connectivity index (χ1n) is 12.0. The first-order chi connectivity index (χ1) is 18.2. The van der Waals surface area contributed by atoms with E-state index in [1.807, 2.05) is 30.1 Å². The molecule has 0 radical (unpaired) electrons. The Labute approximate surface area is 217 Å². The van der Waals surface area contributed by atoms with Gasteiger partial charge in [-0.05, 0) is 54.6 Å². The number of piperazine rings is 1. The van der Waals surface area contributed by atoms with E-state index in [1.165, 1.54) is 12.1 Å². The molecule has 4 N–H and O–H groups in total. The molecule has 2 amide bonds. The van der Waals surface area contributed by atoms with Crippen molar-refractivity contribution in [2.75, 3.05) is 49.6 Å². The lowest BCUT2D eigenvalue weighted by atomic mass is 10.0. The Bertz CT molecular complexity index is 1460. The third-order valence-corrected chi connectivity index (χ3v) is 6.52. The lowest BCUT2D eigenvalue weighted by Crippen LogP contribution is -2.44. The van der Waals surface area contributed by atoms with Gasteiger partial charge in [-0.25, -0.2) is 14.3 Å². The third kappa shape index (κ3) is 5.71. The quantitative estimate of drug-likeness (QED) is 0.358. The second-order valence-corrected chi connectivity index (χ2v) is 9.28. The van der Waals surface area contributed by atoms with Crippen molar-refractivity contribution >= 4 is 28.9 Å². The summed E-state index contributed by atoms with van der Waals surface area (Å²) in [5.74, 6) is 0.628. The second-order valence-electron chi connectivity index (χ2n) is 9.28. The molecular formula is C26H27F3N8O. The van der Waals surface area contributed by atoms with Gasteiger partial charge in [0.05, 0.1) is 11.1 Å². The standard InChI is InChI=1S/C26H27F3N8O/c1-35-9-11-36(12-10-35)16-18-4-5-19(14-22(18)26(27,28)29)32-25(38)33-23-15-20-13-17(6-8-37(20)34-23)21-3-2-7-31-24(21)30/h2-8,13-15H,9-12,16H2,1H3,(H2,30,31)(H2,32,33,34,38). The largest absolute Gasteiger partial charge is 0.416 e. The minimum Gasteiger partial charge on any atom is -0.383 e. The lowest BCUT2D eigenvalue weighted by Gasteiger charge is -2.33. The molecule has 1 aromatic carbocycles. The van der Waals surface area contributed by atoms with E-state index in [0.717, 1.165) is 30.3 Å². The Morgan fingerprint density at radius 2 is 1.84 bits per heavy atom. The molecule has 0 bridgehead atoms. The molecule has 4 heterocycles. The maximum Gasteiger partial charge on any atom is 0.416 e. The molecule has 38 heavy (non-hydrogen) atoms. The SMILES string of the molecule is CN1CCN(Cc2ccc(NC(=O)Nc3cc4cc(-c5cccnc5N)ccn4n3)cc2C(F)(F)F)CC1. The van der Waals surface area contributed by atoms with Crippen LogP contribution in [0.1, 0.15) is 11.1 Å². The number of hydrogen-bond acceptors (Lipinski definition) is 6. The molecule has 9 nitrogen and oxygen atoms in total. The number of nitrogens with one attached hydrogen (secondary N) is 2. The van der Waals surface area contributed by atoms with Gasteiger partial charge >= 0.3 is 12.2 Å². The van der Waals surface area contributed by atoms with E-state index in [9.17, 15) is 18.0 Å². The monoisotopic (exact) mass is 524 g/mol. The summed E-state index contributed by atoms with van der Waals surface area (Å²) in [5, 5.41) is 9.37. The zero-order valence-corrected chi connectivity index (χ0v) is 20.7. The molecule has 1 saturated heterocycles. The molecule has 0 spiro atoms. The number of nitrogens with two attached hydrogens (primary N) is 1. The fraction of sp³-hybridized carbons (Fsp3) is 0.269. The van der Waals surface area contributed by atoms with Gasteiger partial charge in [0.1, 0.15) is 5.82 Å². The average Bonchev–Trinajstić information content (AvgIpc) is 3.27. The summed E-state index contributed by atoms with van der Waals surface area (Å²) in [5.41, 5.74) is 7.70. The van der Waals surface area contributed by atoms with Gasteiger partial charge in [0.25, 0.3) is 0 Å². The topological polar surface area (TPSA) is 104 Å². The van der Waals surface area contributed by atoms with E-state index in [0.29, 0.717) is 24.4 Å². The predicted octanol–water partition coefficient (Wildman–Crippen LogP) is 4.39. The van der Waals surface area contributed by atoms with Gasteiger partial charge in [-0.2, -0.15) is 13.2 Å². The number of anilines is 3. The maximum absolute atomic E-state index is 13.8. The highest BCUT2D eigenvalue weighted by Gasteiger charge is 2.34. The third-order valence-electron chi connectivity index (χ3n) is 6.52. The summed E-state index contributed by atoms with van der Waals surface area (Å²) < 4.78 is 43.1. The first kappa shape index (κ1) is 25.5. The van der Waals surface area contributed by atoms with Crippen LogP contribution in [-0.2, 0) is 12.7 Å². The summed E-state index contributed by atoms with van der Waals surface area (Å²) in [6.45, 7) is 3.22. The van der Waals surface area contributed by atoms with Crippen LogP contribution in [0.4, 0.5) is 35.3 Å². The van der Waals surface area contributed by atoms with Gasteiger partial charge in [-0.15, -0.1) is 5.10 Å². The van der Waals surface area contributed by atoms with E-state index >= 15 is 0 Å². The first-order valence-corrected chi connectivity index (χ1v) is 12.0. The molecule has 0 unspecified atom stereocenters. The van der Waals surface area contributed by atoms with Crippen molar-refractivity contribution in [2.45, 2.75) is 12.7 Å². The van der Waals surface area contributed by atoms with Crippen molar-refractivity contribution in [1.29, 1.82) is 0 Å². The molecular weight excluding hydrogens is 497 g/mol. The van der Waals surface area contributed by atoms with Gasteiger partial charge < -0.3 is 16.0 Å². The van der Waals surface area contributed by atoms with Gasteiger partial charge in [0, 0.05) is 62.4 Å². The van der Waals surface area contributed by atoms with E-state index in [2.05, 4.69) is 25.6 Å². The molecule has 3 aromatic heterocycles. The number of aromatic nitrogens is 3. The van der Waals surface area contributed by atoms with Gasteiger partial charge in [0.15, 0.2) is 5.82 Å². The number of hydrogen-bond donors (Lipinski definition) is 3. The van der Waals surface area contributed by atoms with Gasteiger partial charge in [-0.1, -0.05) is 6.07 Å². The van der Waals surface area contributed by atoms with Crippen LogP contribution in [0.2, 0.25) is 0 Å². The highest BCUT2D eigenvalue weighted by Crippen LogP contribution is 2.34. The Hall–Kier alpha value is -4.16. The van der Waals surface area contributed by atoms with Crippen LogP contribution in [0.25, 0.3) is 16.6 Å². The number of rotatable bonds is 5. The van der Waals surface area contributed by atoms with Crippen LogP contribution in [0.3, 0.4) is 0 Å². The molecule has 1 aliphatic rings. The second kappa shape index (κ2) is 10.3. The smallest absolute Gasteiger partial charge is 0.383 e. The maximum atomic E-state index is 13.8. The Morgan fingerprint density at radius 3 is 2.58 bits per heavy atom. The zero-order chi connectivity index (χ0) is 26.9. The van der Waals surface area contributed by atoms with Crippen molar-refractivity contribution in [3.63, 3.8) is 0 Å². The molecule has 1 fully saturated rings. The molecule has 198 valence electrons. The van der Waals surface area contributed by atoms with Gasteiger partial charge in [-0.3, -0.25) is 10.2 Å². The van der Waals surface area contributed by atoms with Crippen molar-refractivity contribution in [1.82, 2.24) is 24.4 Å². The lowest BCUT2D eigenvalue weighted by molar-refractivity contribution is -0.138. The summed E-state index contributed by atoms with van der Waals surface area (Å²) in [4.78, 5) is 20.8. The molecule has 4 aromatic rings. The van der Waals surface area contributed by atoms with Crippen LogP contribution in [0.15, 0.2) is 60.9 Å². The summed E-state index contributed by atoms with van der Waals surface area (Å²) in [7, 11) is 1.99. The molecule has 12 heteroatoms. The van der Waals surface area contributed by atoms with E-state index in [4.69, 9.17) is 5.73 Å². The number of fused-ring (bicyclic) bond motifs is 1. The number of halogens is 3. The predicted molar refractivity (Wildman–Crippen MR) is 140 cm³/mol. The van der Waals surface area contributed by atoms with E-state index in [1.54, 1.807) is 29.0 Å². The van der Waals surface area contributed by atoms with Crippen molar-refractivity contribution in [3.05, 3.63) is 72.1 Å². The number of benzene rings is 1. The van der Waals surface area contributed by atoms with Crippen LogP contribution in [-0.4, -0.2) is 63.7 Å². The van der Waals surface area contributed by atoms with Crippen LogP contribution in [0, 0.1) is 0 Å². The van der Waals surface area contributed by atoms with Crippen molar-refractivity contribution in [3.8, 4) is 11.1 Å². The zero-order valence-electron chi connectivity index (χ0n) is 20.7. The summed E-state index contributed by atoms with van der Waals surface area (Å²) in [6, 6.07) is 12.1. The number of alkyl halides is 3. The Kier molecular flexibility index (Phi) is 6.91. The highest BCUT2D eigenvalue weighted by molar-refractivity contribution is 5.99. The molecule has 0 aliphatic carbocycles. The fourth-order valence-corrected chi connectivity index (χ4v) is 4.47. The number of nitrogens with zero attached hydrogens (tertiary/aromatic N) is 5.